The number of carbonyl (C=O) groups is 1. The maximum Gasteiger partial charge on any atom is 0.259 e. The fraction of sp³-hybridized carbons (Fsp3) is 0.333. The Morgan fingerprint density at radius 3 is 2.82 bits per heavy atom. The Labute approximate surface area is 129 Å². The van der Waals surface area contributed by atoms with Gasteiger partial charge in [0.1, 0.15) is 5.56 Å². The average Bonchev–Trinajstić information content (AvgIpc) is 2.98. The Morgan fingerprint density at radius 2 is 2.05 bits per heavy atom. The van der Waals surface area contributed by atoms with E-state index in [0.29, 0.717) is 5.56 Å². The first-order chi connectivity index (χ1) is 10.7. The molecule has 1 aliphatic rings. The van der Waals surface area contributed by atoms with Crippen LogP contribution in [0.25, 0.3) is 0 Å². The van der Waals surface area contributed by atoms with Gasteiger partial charge in [0.2, 0.25) is 0 Å². The molecular weight excluding hydrogens is 276 g/mol. The van der Waals surface area contributed by atoms with E-state index in [-0.39, 0.29) is 22.9 Å². The monoisotopic (exact) mass is 296 g/mol. The molecule has 4 nitrogen and oxygen atoms in total. The standard InChI is InChI=1S/C18H20N2O2/c1-13-11-19-12-16(17(13)21)18(22)20-9-5-8-15(20)10-14-6-3-2-4-7-14/h2-4,6-7,11-12,15H,5,8-10H2,1H3,(H,19,21). The Hall–Kier alpha value is -2.36. The minimum Gasteiger partial charge on any atom is -0.366 e. The molecule has 3 rings (SSSR count). The lowest BCUT2D eigenvalue weighted by Gasteiger charge is -2.24. The molecule has 1 unspecified atom stereocenters. The minimum atomic E-state index is -0.172. The van der Waals surface area contributed by atoms with Crippen LogP contribution in [0.1, 0.15) is 34.3 Å². The molecule has 0 radical (unpaired) electrons. The number of carbonyl (C=O) groups excluding carboxylic acids is 1. The summed E-state index contributed by atoms with van der Waals surface area (Å²) >= 11 is 0. The summed E-state index contributed by atoms with van der Waals surface area (Å²) in [7, 11) is 0. The largest absolute Gasteiger partial charge is 0.366 e. The molecule has 1 N–H and O–H groups in total. The van der Waals surface area contributed by atoms with E-state index in [2.05, 4.69) is 17.1 Å². The van der Waals surface area contributed by atoms with Gasteiger partial charge in [0.25, 0.3) is 5.91 Å². The van der Waals surface area contributed by atoms with Crippen LogP contribution in [-0.4, -0.2) is 28.4 Å². The zero-order valence-corrected chi connectivity index (χ0v) is 12.7. The highest BCUT2D eigenvalue weighted by atomic mass is 16.2. The fourth-order valence-corrected chi connectivity index (χ4v) is 3.11. The molecule has 1 amide bonds. The van der Waals surface area contributed by atoms with Gasteiger partial charge in [-0.1, -0.05) is 30.3 Å². The molecule has 0 spiro atoms. The number of hydrogen-bond acceptors (Lipinski definition) is 2. The molecule has 2 aromatic rings. The number of amides is 1. The molecule has 22 heavy (non-hydrogen) atoms. The summed E-state index contributed by atoms with van der Waals surface area (Å²) in [6.07, 6.45) is 5.98. The van der Waals surface area contributed by atoms with E-state index >= 15 is 0 Å². The van der Waals surface area contributed by atoms with Gasteiger partial charge in [-0.25, -0.2) is 0 Å². The second-order valence-electron chi connectivity index (χ2n) is 5.87. The second-order valence-corrected chi connectivity index (χ2v) is 5.87. The summed E-state index contributed by atoms with van der Waals surface area (Å²) < 4.78 is 0. The van der Waals surface area contributed by atoms with Crippen molar-refractivity contribution in [3.8, 4) is 0 Å². The van der Waals surface area contributed by atoms with Gasteiger partial charge in [0.05, 0.1) is 0 Å². The smallest absolute Gasteiger partial charge is 0.259 e. The van der Waals surface area contributed by atoms with E-state index in [1.165, 1.54) is 11.8 Å². The molecule has 0 saturated carbocycles. The lowest BCUT2D eigenvalue weighted by molar-refractivity contribution is 0.0734. The molecule has 1 fully saturated rings. The molecule has 4 heteroatoms. The van der Waals surface area contributed by atoms with Crippen molar-refractivity contribution in [3.05, 3.63) is 69.6 Å². The van der Waals surface area contributed by atoms with Crippen LogP contribution in [-0.2, 0) is 6.42 Å². The van der Waals surface area contributed by atoms with Crippen LogP contribution in [0.3, 0.4) is 0 Å². The van der Waals surface area contributed by atoms with Crippen molar-refractivity contribution >= 4 is 5.91 Å². The number of rotatable bonds is 3. The predicted molar refractivity (Wildman–Crippen MR) is 86.0 cm³/mol. The van der Waals surface area contributed by atoms with E-state index < -0.39 is 0 Å². The van der Waals surface area contributed by atoms with Crippen molar-refractivity contribution in [3.63, 3.8) is 0 Å². The molecule has 1 atom stereocenters. The van der Waals surface area contributed by atoms with Crippen LogP contribution in [0.15, 0.2) is 47.5 Å². The van der Waals surface area contributed by atoms with Gasteiger partial charge >= 0.3 is 0 Å². The van der Waals surface area contributed by atoms with Crippen molar-refractivity contribution in [1.82, 2.24) is 9.88 Å². The molecule has 1 aromatic heterocycles. The molecular formula is C18H20N2O2. The molecule has 1 saturated heterocycles. The quantitative estimate of drug-likeness (QED) is 0.946. The molecule has 1 aliphatic heterocycles. The van der Waals surface area contributed by atoms with Crippen LogP contribution >= 0.6 is 0 Å². The van der Waals surface area contributed by atoms with Crippen molar-refractivity contribution in [2.45, 2.75) is 32.2 Å². The van der Waals surface area contributed by atoms with Gasteiger partial charge in [0.15, 0.2) is 5.43 Å². The van der Waals surface area contributed by atoms with Crippen LogP contribution in [0.4, 0.5) is 0 Å². The van der Waals surface area contributed by atoms with Gasteiger partial charge in [-0.2, -0.15) is 0 Å². The van der Waals surface area contributed by atoms with Crippen molar-refractivity contribution < 1.29 is 4.79 Å². The number of nitrogens with one attached hydrogen (secondary N) is 1. The first kappa shape index (κ1) is 14.6. The number of hydrogen-bond donors (Lipinski definition) is 1. The predicted octanol–water partition coefficient (Wildman–Crippen LogP) is 2.53. The normalized spacial score (nSPS) is 17.7. The number of benzene rings is 1. The number of pyridine rings is 1. The topological polar surface area (TPSA) is 53.2 Å². The summed E-state index contributed by atoms with van der Waals surface area (Å²) in [6.45, 7) is 2.45. The highest BCUT2D eigenvalue weighted by molar-refractivity contribution is 5.94. The van der Waals surface area contributed by atoms with Crippen molar-refractivity contribution in [2.24, 2.45) is 0 Å². The maximum absolute atomic E-state index is 12.7. The first-order valence-corrected chi connectivity index (χ1v) is 7.69. The average molecular weight is 296 g/mol. The van der Waals surface area contributed by atoms with Crippen LogP contribution in [0, 0.1) is 6.92 Å². The Morgan fingerprint density at radius 1 is 1.27 bits per heavy atom. The SMILES string of the molecule is Cc1c[nH]cc(C(=O)N2CCCC2Cc2ccccc2)c1=O. The van der Waals surface area contributed by atoms with E-state index in [1.54, 1.807) is 13.1 Å². The second kappa shape index (κ2) is 6.18. The van der Waals surface area contributed by atoms with E-state index in [4.69, 9.17) is 0 Å². The molecule has 0 bridgehead atoms. The van der Waals surface area contributed by atoms with Crippen LogP contribution in [0.2, 0.25) is 0 Å². The highest BCUT2D eigenvalue weighted by Crippen LogP contribution is 2.22. The zero-order chi connectivity index (χ0) is 15.5. The summed E-state index contributed by atoms with van der Waals surface area (Å²) in [5.74, 6) is -0.150. The molecule has 114 valence electrons. The number of aromatic amines is 1. The lowest BCUT2D eigenvalue weighted by Crippen LogP contribution is -2.39. The molecule has 1 aromatic carbocycles. The van der Waals surface area contributed by atoms with E-state index in [9.17, 15) is 9.59 Å². The van der Waals surface area contributed by atoms with Gasteiger partial charge in [-0.05, 0) is 31.7 Å². The number of likely N-dealkylation sites (tertiary alicyclic amines) is 1. The Bertz CT molecular complexity index is 721. The Kier molecular flexibility index (Phi) is 4.09. The minimum absolute atomic E-state index is 0.150. The third-order valence-electron chi connectivity index (χ3n) is 4.31. The van der Waals surface area contributed by atoms with Gasteiger partial charge < -0.3 is 9.88 Å². The summed E-state index contributed by atoms with van der Waals surface area (Å²) in [4.78, 5) is 29.6. The summed E-state index contributed by atoms with van der Waals surface area (Å²) in [5, 5.41) is 0. The van der Waals surface area contributed by atoms with Crippen LogP contribution in [0.5, 0.6) is 0 Å². The van der Waals surface area contributed by atoms with E-state index in [0.717, 1.165) is 25.8 Å². The van der Waals surface area contributed by atoms with Crippen molar-refractivity contribution in [1.29, 1.82) is 0 Å². The summed E-state index contributed by atoms with van der Waals surface area (Å²) in [6, 6.07) is 10.4. The van der Waals surface area contributed by atoms with Crippen molar-refractivity contribution in [2.75, 3.05) is 6.54 Å². The first-order valence-electron chi connectivity index (χ1n) is 7.69. The van der Waals surface area contributed by atoms with Gasteiger partial charge in [0, 0.05) is 30.5 Å². The maximum atomic E-state index is 12.7. The van der Waals surface area contributed by atoms with Crippen LogP contribution < -0.4 is 5.43 Å². The zero-order valence-electron chi connectivity index (χ0n) is 12.7. The Balaban J connectivity index is 1.82. The molecule has 0 aliphatic carbocycles. The number of nitrogens with zero attached hydrogens (tertiary/aromatic N) is 1. The third-order valence-corrected chi connectivity index (χ3v) is 4.31. The van der Waals surface area contributed by atoms with E-state index in [1.807, 2.05) is 23.1 Å². The molecule has 2 heterocycles. The third kappa shape index (κ3) is 2.82. The lowest BCUT2D eigenvalue weighted by atomic mass is 10.0. The van der Waals surface area contributed by atoms with Gasteiger partial charge in [-0.15, -0.1) is 0 Å². The number of aromatic nitrogens is 1. The van der Waals surface area contributed by atoms with Gasteiger partial charge in [-0.3, -0.25) is 9.59 Å². The fourth-order valence-electron chi connectivity index (χ4n) is 3.11. The number of H-pyrrole nitrogens is 1. The highest BCUT2D eigenvalue weighted by Gasteiger charge is 2.30. The number of aryl methyl sites for hydroxylation is 1. The summed E-state index contributed by atoms with van der Waals surface area (Å²) in [5.41, 5.74) is 1.88.